The number of anilines is 2. The van der Waals surface area contributed by atoms with Gasteiger partial charge in [-0.05, 0) is 89.3 Å². The van der Waals surface area contributed by atoms with Gasteiger partial charge in [0.1, 0.15) is 29.3 Å². The minimum Gasteiger partial charge on any atom is -0.489 e. The first-order chi connectivity index (χ1) is 31.4. The number of hydrogen-bond donors (Lipinski definition) is 2. The second-order valence-corrected chi connectivity index (χ2v) is 19.3. The number of rotatable bonds is 12. The maximum atomic E-state index is 14.3. The summed E-state index contributed by atoms with van der Waals surface area (Å²) in [6.07, 6.45) is 11.0. The van der Waals surface area contributed by atoms with Crippen molar-refractivity contribution in [3.05, 3.63) is 59.8 Å². The van der Waals surface area contributed by atoms with Gasteiger partial charge in [0, 0.05) is 57.8 Å². The van der Waals surface area contributed by atoms with Crippen LogP contribution in [0.4, 0.5) is 20.3 Å². The molecule has 65 heavy (non-hydrogen) atoms. The van der Waals surface area contributed by atoms with Crippen LogP contribution in [0.1, 0.15) is 118 Å². The van der Waals surface area contributed by atoms with E-state index in [-0.39, 0.29) is 65.5 Å². The molecule has 11 rings (SSSR count). The predicted molar refractivity (Wildman–Crippen MR) is 233 cm³/mol. The number of benzene rings is 1. The zero-order valence-corrected chi connectivity index (χ0v) is 36.7. The summed E-state index contributed by atoms with van der Waals surface area (Å²) >= 11 is 0. The van der Waals surface area contributed by atoms with Crippen LogP contribution in [-0.2, 0) is 19.1 Å². The third kappa shape index (κ3) is 8.13. The maximum absolute atomic E-state index is 14.3. The molecular formula is C46H55F2N11O6. The number of aryl methyl sites for hydroxylation is 1. The van der Waals surface area contributed by atoms with Gasteiger partial charge in [0.05, 0.1) is 65.0 Å². The van der Waals surface area contributed by atoms with Crippen molar-refractivity contribution in [2.45, 2.75) is 133 Å². The fourth-order valence-corrected chi connectivity index (χ4v) is 11.3. The highest BCUT2D eigenvalue weighted by molar-refractivity contribution is 6.08. The molecule has 4 aliphatic heterocycles. The second kappa shape index (κ2) is 16.7. The number of likely N-dealkylation sites (tertiary alicyclic amines) is 1. The number of piperidine rings is 2. The maximum Gasteiger partial charge on any atom is 0.284 e. The summed E-state index contributed by atoms with van der Waals surface area (Å²) < 4.78 is 52.5. The van der Waals surface area contributed by atoms with Crippen LogP contribution in [-0.4, -0.2) is 120 Å². The highest BCUT2D eigenvalue weighted by Gasteiger charge is 2.45. The van der Waals surface area contributed by atoms with E-state index in [1.165, 1.54) is 10.7 Å². The summed E-state index contributed by atoms with van der Waals surface area (Å²) in [4.78, 5) is 47.4. The number of nitrogens with one attached hydrogen (secondary N) is 2. The average Bonchev–Trinajstić information content (AvgIpc) is 4.14. The molecule has 2 aliphatic carbocycles. The predicted octanol–water partition coefficient (Wildman–Crippen LogP) is 5.94. The monoisotopic (exact) mass is 895 g/mol. The molecule has 19 heteroatoms. The number of carbonyl (C=O) groups excluding carboxylic acids is 3. The Morgan fingerprint density at radius 1 is 1.03 bits per heavy atom. The molecule has 2 N–H and O–H groups in total. The quantitative estimate of drug-likeness (QED) is 0.141. The van der Waals surface area contributed by atoms with Crippen molar-refractivity contribution < 1.29 is 37.4 Å². The van der Waals surface area contributed by atoms with Gasteiger partial charge in [0.15, 0.2) is 11.3 Å². The van der Waals surface area contributed by atoms with Crippen molar-refractivity contribution in [3.63, 3.8) is 0 Å². The Labute approximate surface area is 374 Å². The lowest BCUT2D eigenvalue weighted by molar-refractivity contribution is -0.175. The van der Waals surface area contributed by atoms with Gasteiger partial charge in [-0.3, -0.25) is 29.1 Å². The lowest BCUT2D eigenvalue weighted by Crippen LogP contribution is -2.52. The molecule has 8 heterocycles. The van der Waals surface area contributed by atoms with E-state index in [4.69, 9.17) is 24.3 Å². The van der Waals surface area contributed by atoms with Crippen LogP contribution in [0.15, 0.2) is 42.9 Å². The average molecular weight is 896 g/mol. The molecule has 6 aliphatic rings. The molecule has 3 amide bonds. The largest absolute Gasteiger partial charge is 0.489 e. The number of nitrogens with zero attached hydrogens (tertiary/aromatic N) is 9. The van der Waals surface area contributed by atoms with E-state index >= 15 is 0 Å². The summed E-state index contributed by atoms with van der Waals surface area (Å²) in [7, 11) is 0. The smallest absolute Gasteiger partial charge is 0.284 e. The van der Waals surface area contributed by atoms with E-state index < -0.39 is 24.1 Å². The minimum atomic E-state index is -2.85. The van der Waals surface area contributed by atoms with Gasteiger partial charge in [-0.1, -0.05) is 6.07 Å². The fourth-order valence-electron chi connectivity index (χ4n) is 11.3. The highest BCUT2D eigenvalue weighted by Crippen LogP contribution is 2.43. The van der Waals surface area contributed by atoms with Crippen LogP contribution in [0.2, 0.25) is 0 Å². The van der Waals surface area contributed by atoms with Crippen molar-refractivity contribution in [1.82, 2.24) is 44.4 Å². The van der Waals surface area contributed by atoms with E-state index in [0.29, 0.717) is 24.6 Å². The Morgan fingerprint density at radius 2 is 1.85 bits per heavy atom. The number of imide groups is 1. The highest BCUT2D eigenvalue weighted by atomic mass is 19.3. The van der Waals surface area contributed by atoms with E-state index in [0.717, 1.165) is 112 Å². The Hall–Kier alpha value is -5.53. The summed E-state index contributed by atoms with van der Waals surface area (Å²) in [6, 6.07) is 7.37. The van der Waals surface area contributed by atoms with Crippen LogP contribution in [0.3, 0.4) is 0 Å². The number of morpholine rings is 1. The number of amides is 3. The SMILES string of the molecule is Cc1nn([C@@H]2CCC(=O)NC2=O)c2cccc(OC3CC(C)(OC4CCN(CC5CCC(n6cc(NC(=O)c7cnn8ccc(N9C[C@H]%10C[C@@H]9CO%10)nc78)c(C(F)F)n6)CC5)CC4)C3)c12. The normalized spacial score (nSPS) is 28.7. The lowest BCUT2D eigenvalue weighted by atomic mass is 9.78. The van der Waals surface area contributed by atoms with Gasteiger partial charge >= 0.3 is 0 Å². The van der Waals surface area contributed by atoms with Crippen LogP contribution in [0.5, 0.6) is 5.75 Å². The summed E-state index contributed by atoms with van der Waals surface area (Å²) in [6.45, 7) is 8.42. The first kappa shape index (κ1) is 42.1. The van der Waals surface area contributed by atoms with E-state index in [9.17, 15) is 23.2 Å². The third-order valence-corrected chi connectivity index (χ3v) is 14.7. The number of hydrogen-bond acceptors (Lipinski definition) is 12. The van der Waals surface area contributed by atoms with Crippen LogP contribution in [0.25, 0.3) is 16.6 Å². The number of fused-ring (bicyclic) bond motifs is 4. The van der Waals surface area contributed by atoms with E-state index in [1.54, 1.807) is 21.8 Å². The Kier molecular flexibility index (Phi) is 10.8. The number of carbonyl (C=O) groups is 3. The molecule has 0 spiro atoms. The van der Waals surface area contributed by atoms with Crippen molar-refractivity contribution in [1.29, 1.82) is 0 Å². The zero-order valence-electron chi connectivity index (χ0n) is 36.7. The standard InChI is InChI=1S/C46H55F2N11O6/c1-26-40-35(59(53-26)36-10-11-39(60)52-45(36)62)4-3-5-37(40)64-32-19-46(2,20-32)65-30-12-15-55(16-13-30)22-27-6-8-28(9-7-27)58-24-34(41(54-58)42(47)48)50-44(61)33-21-49-57-17-14-38(51-43(33)57)56-23-31-18-29(56)25-63-31/h3-5,14,17,21,24,27-32,36,42H,6-13,15-16,18-20,22-23,25H2,1-2H3,(H,50,61)(H,52,60,62)/t27?,28?,29-,31-,32?,36-,46?/m1/s1. The van der Waals surface area contributed by atoms with Crippen molar-refractivity contribution in [3.8, 4) is 5.75 Å². The molecule has 1 aromatic carbocycles. The molecule has 4 aromatic heterocycles. The molecule has 5 aromatic rings. The second-order valence-electron chi connectivity index (χ2n) is 19.3. The third-order valence-electron chi connectivity index (χ3n) is 14.7. The molecule has 4 saturated heterocycles. The number of aromatic nitrogens is 7. The minimum absolute atomic E-state index is 0.00466. The van der Waals surface area contributed by atoms with E-state index in [2.05, 4.69) is 37.6 Å². The lowest BCUT2D eigenvalue weighted by Gasteiger charge is -2.47. The summed E-state index contributed by atoms with van der Waals surface area (Å²) in [5.41, 5.74) is 1.47. The topological polar surface area (TPSA) is 175 Å². The van der Waals surface area contributed by atoms with Gasteiger partial charge < -0.3 is 29.3 Å². The summed E-state index contributed by atoms with van der Waals surface area (Å²) in [5, 5.41) is 19.3. The van der Waals surface area contributed by atoms with Crippen molar-refractivity contribution in [2.75, 3.05) is 43.0 Å². The Morgan fingerprint density at radius 3 is 2.58 bits per heavy atom. The summed E-state index contributed by atoms with van der Waals surface area (Å²) in [5.74, 6) is 0.855. The molecule has 0 unspecified atom stereocenters. The number of alkyl halides is 2. The van der Waals surface area contributed by atoms with Gasteiger partial charge in [0.2, 0.25) is 5.91 Å². The molecule has 2 bridgehead atoms. The van der Waals surface area contributed by atoms with Gasteiger partial charge in [-0.2, -0.15) is 15.3 Å². The Balaban J connectivity index is 0.642. The first-order valence-electron chi connectivity index (χ1n) is 23.2. The molecular weight excluding hydrogens is 841 g/mol. The molecule has 17 nitrogen and oxygen atoms in total. The van der Waals surface area contributed by atoms with Gasteiger partial charge in [-0.25, -0.2) is 18.3 Å². The van der Waals surface area contributed by atoms with Crippen LogP contribution < -0.4 is 20.3 Å². The van der Waals surface area contributed by atoms with E-state index in [1.807, 2.05) is 31.2 Å². The van der Waals surface area contributed by atoms with Crippen LogP contribution in [0, 0.1) is 12.8 Å². The fraction of sp³-hybridized carbons (Fsp3) is 0.587. The van der Waals surface area contributed by atoms with Gasteiger partial charge in [0.25, 0.3) is 18.2 Å². The number of ether oxygens (including phenoxy) is 3. The van der Waals surface area contributed by atoms with Crippen LogP contribution >= 0.6 is 0 Å². The van der Waals surface area contributed by atoms with Crippen molar-refractivity contribution >= 4 is 45.8 Å². The van der Waals surface area contributed by atoms with Gasteiger partial charge in [-0.15, -0.1) is 0 Å². The Bertz CT molecular complexity index is 2630. The molecule has 6 fully saturated rings. The first-order valence-corrected chi connectivity index (χ1v) is 23.2. The number of halogens is 2. The molecule has 344 valence electrons. The molecule has 0 radical (unpaired) electrons. The molecule has 2 saturated carbocycles. The zero-order chi connectivity index (χ0) is 44.6. The van der Waals surface area contributed by atoms with Crippen molar-refractivity contribution in [2.24, 2.45) is 5.92 Å². The molecule has 3 atom stereocenters.